The number of carbonyl (C=O) groups excluding carboxylic acids is 1. The predicted molar refractivity (Wildman–Crippen MR) is 72.4 cm³/mol. The summed E-state index contributed by atoms with van der Waals surface area (Å²) >= 11 is 0. The second-order valence-corrected chi connectivity index (χ2v) is 6.69. The Hall–Kier alpha value is -0.910. The molecule has 2 N–H and O–H groups in total. The van der Waals surface area contributed by atoms with Crippen LogP contribution in [0.1, 0.15) is 38.5 Å². The monoisotopic (exact) mass is 278 g/mol. The van der Waals surface area contributed by atoms with E-state index in [0.29, 0.717) is 12.8 Å². The molecular weight excluding hydrogens is 256 g/mol. The average Bonchev–Trinajstić information content (AvgIpc) is 2.45. The smallest absolute Gasteiger partial charge is 0.262 e. The van der Waals surface area contributed by atoms with Crippen LogP contribution < -0.4 is 0 Å². The normalized spacial score (nSPS) is 44.7. The van der Waals surface area contributed by atoms with Gasteiger partial charge in [-0.2, -0.15) is 0 Å². The van der Waals surface area contributed by atoms with E-state index >= 15 is 0 Å². The SMILES string of the molecule is O=C1N2C(=CCCC2O)C2CN3CCCCC3C1(O)C2. The van der Waals surface area contributed by atoms with Gasteiger partial charge in [0.05, 0.1) is 0 Å². The number of rotatable bonds is 0. The molecule has 5 nitrogen and oxygen atoms in total. The largest absolute Gasteiger partial charge is 0.378 e. The summed E-state index contributed by atoms with van der Waals surface area (Å²) in [5.41, 5.74) is -0.346. The Kier molecular flexibility index (Phi) is 2.75. The predicted octanol–water partition coefficient (Wildman–Crippen LogP) is 0.430. The van der Waals surface area contributed by atoms with Gasteiger partial charge in [0.2, 0.25) is 0 Å². The van der Waals surface area contributed by atoms with Gasteiger partial charge in [-0.05, 0) is 38.6 Å². The van der Waals surface area contributed by atoms with Crippen molar-refractivity contribution in [1.29, 1.82) is 0 Å². The third-order valence-corrected chi connectivity index (χ3v) is 5.54. The lowest BCUT2D eigenvalue weighted by Crippen LogP contribution is -2.72. The van der Waals surface area contributed by atoms with Crippen LogP contribution in [0.4, 0.5) is 0 Å². The number of hydrogen-bond acceptors (Lipinski definition) is 4. The molecule has 0 aliphatic carbocycles. The van der Waals surface area contributed by atoms with Crippen LogP contribution in [0.5, 0.6) is 0 Å². The van der Waals surface area contributed by atoms with Gasteiger partial charge in [0, 0.05) is 24.2 Å². The van der Waals surface area contributed by atoms with Gasteiger partial charge in [-0.25, -0.2) is 0 Å². The Morgan fingerprint density at radius 2 is 2.15 bits per heavy atom. The molecule has 0 aromatic heterocycles. The van der Waals surface area contributed by atoms with E-state index < -0.39 is 11.8 Å². The fourth-order valence-corrected chi connectivity index (χ4v) is 4.64. The summed E-state index contributed by atoms with van der Waals surface area (Å²) in [6.07, 6.45) is 6.36. The van der Waals surface area contributed by atoms with Gasteiger partial charge in [-0.3, -0.25) is 14.6 Å². The van der Waals surface area contributed by atoms with Crippen molar-refractivity contribution in [2.45, 2.75) is 56.4 Å². The quantitative estimate of drug-likeness (QED) is 0.674. The molecule has 0 radical (unpaired) electrons. The number of allylic oxidation sites excluding steroid dienone is 1. The lowest BCUT2D eigenvalue weighted by Gasteiger charge is -2.57. The highest BCUT2D eigenvalue weighted by molar-refractivity contribution is 5.89. The molecule has 3 saturated heterocycles. The lowest BCUT2D eigenvalue weighted by molar-refractivity contribution is -0.190. The molecule has 110 valence electrons. The minimum atomic E-state index is -1.29. The Bertz CT molecular complexity index is 478. The lowest BCUT2D eigenvalue weighted by atomic mass is 9.70. The molecule has 3 fully saturated rings. The number of carbonyl (C=O) groups is 1. The molecule has 2 bridgehead atoms. The van der Waals surface area contributed by atoms with Gasteiger partial charge >= 0.3 is 0 Å². The molecule has 4 unspecified atom stereocenters. The Labute approximate surface area is 118 Å². The first-order valence-corrected chi connectivity index (χ1v) is 7.79. The summed E-state index contributed by atoms with van der Waals surface area (Å²) in [6.45, 7) is 1.89. The van der Waals surface area contributed by atoms with E-state index in [1.807, 2.05) is 0 Å². The van der Waals surface area contributed by atoms with E-state index in [-0.39, 0.29) is 17.9 Å². The van der Waals surface area contributed by atoms with Crippen molar-refractivity contribution in [3.63, 3.8) is 0 Å². The molecule has 0 aromatic rings. The molecule has 1 amide bonds. The molecule has 0 aromatic carbocycles. The molecular formula is C15H22N2O3. The van der Waals surface area contributed by atoms with Crippen LogP contribution in [0.15, 0.2) is 11.8 Å². The Morgan fingerprint density at radius 1 is 1.30 bits per heavy atom. The minimum absolute atomic E-state index is 0.0596. The zero-order valence-electron chi connectivity index (χ0n) is 11.7. The highest BCUT2D eigenvalue weighted by Crippen LogP contribution is 2.46. The van der Waals surface area contributed by atoms with Gasteiger partial charge in [0.25, 0.3) is 5.91 Å². The summed E-state index contributed by atoms with van der Waals surface area (Å²) < 4.78 is 0. The number of hydrogen-bond donors (Lipinski definition) is 2. The molecule has 0 saturated carbocycles. The van der Waals surface area contributed by atoms with Crippen molar-refractivity contribution < 1.29 is 15.0 Å². The zero-order chi connectivity index (χ0) is 13.9. The standard InChI is InChI=1S/C15H22N2O3/c18-13-6-3-4-11-10-8-15(20,14(19)17(11)13)12-5-1-2-7-16(12)9-10/h4,10,12-13,18,20H,1-3,5-9H2. The van der Waals surface area contributed by atoms with Crippen LogP contribution in [-0.2, 0) is 4.79 Å². The van der Waals surface area contributed by atoms with Crippen molar-refractivity contribution >= 4 is 5.91 Å². The molecule has 4 aliphatic rings. The fourth-order valence-electron chi connectivity index (χ4n) is 4.64. The zero-order valence-corrected chi connectivity index (χ0v) is 11.7. The molecule has 4 rings (SSSR count). The van der Waals surface area contributed by atoms with Crippen molar-refractivity contribution in [3.05, 3.63) is 11.8 Å². The third-order valence-electron chi connectivity index (χ3n) is 5.54. The topological polar surface area (TPSA) is 64.0 Å². The van der Waals surface area contributed by atoms with Crippen LogP contribution in [-0.4, -0.2) is 56.9 Å². The van der Waals surface area contributed by atoms with Crippen LogP contribution >= 0.6 is 0 Å². The Balaban J connectivity index is 1.77. The maximum atomic E-state index is 12.8. The number of aliphatic hydroxyl groups excluding tert-OH is 1. The van der Waals surface area contributed by atoms with Crippen LogP contribution in [0.2, 0.25) is 0 Å². The molecule has 5 heteroatoms. The molecule has 20 heavy (non-hydrogen) atoms. The number of nitrogens with zero attached hydrogens (tertiary/aromatic N) is 2. The summed E-state index contributed by atoms with van der Waals surface area (Å²) in [4.78, 5) is 16.6. The highest BCUT2D eigenvalue weighted by Gasteiger charge is 2.59. The summed E-state index contributed by atoms with van der Waals surface area (Å²) in [6, 6.07) is -0.0596. The number of fused-ring (bicyclic) bond motifs is 6. The van der Waals surface area contributed by atoms with Crippen LogP contribution in [0.25, 0.3) is 0 Å². The first-order valence-electron chi connectivity index (χ1n) is 7.79. The number of piperidine rings is 3. The first kappa shape index (κ1) is 12.8. The molecule has 4 aliphatic heterocycles. The van der Waals surface area contributed by atoms with Crippen molar-refractivity contribution in [1.82, 2.24) is 9.80 Å². The van der Waals surface area contributed by atoms with Gasteiger partial charge in [0.1, 0.15) is 6.23 Å². The van der Waals surface area contributed by atoms with E-state index in [0.717, 1.165) is 44.5 Å². The maximum Gasteiger partial charge on any atom is 0.262 e. The van der Waals surface area contributed by atoms with Gasteiger partial charge in [-0.15, -0.1) is 0 Å². The van der Waals surface area contributed by atoms with E-state index in [1.165, 1.54) is 4.90 Å². The Morgan fingerprint density at radius 3 is 3.00 bits per heavy atom. The number of amides is 1. The van der Waals surface area contributed by atoms with E-state index in [9.17, 15) is 15.0 Å². The summed E-state index contributed by atoms with van der Waals surface area (Å²) in [5.74, 6) is -0.0919. The van der Waals surface area contributed by atoms with Crippen LogP contribution in [0.3, 0.4) is 0 Å². The maximum absolute atomic E-state index is 12.8. The van der Waals surface area contributed by atoms with Gasteiger partial charge in [0.15, 0.2) is 5.60 Å². The van der Waals surface area contributed by atoms with Crippen molar-refractivity contribution in [2.24, 2.45) is 5.92 Å². The fraction of sp³-hybridized carbons (Fsp3) is 0.800. The van der Waals surface area contributed by atoms with Crippen LogP contribution in [0, 0.1) is 5.92 Å². The summed E-state index contributed by atoms with van der Waals surface area (Å²) in [5, 5.41) is 21.2. The molecule has 4 atom stereocenters. The van der Waals surface area contributed by atoms with E-state index in [4.69, 9.17) is 0 Å². The van der Waals surface area contributed by atoms with Gasteiger partial charge < -0.3 is 10.2 Å². The van der Waals surface area contributed by atoms with E-state index in [1.54, 1.807) is 0 Å². The van der Waals surface area contributed by atoms with Crippen molar-refractivity contribution in [2.75, 3.05) is 13.1 Å². The average molecular weight is 278 g/mol. The van der Waals surface area contributed by atoms with E-state index in [2.05, 4.69) is 11.0 Å². The summed E-state index contributed by atoms with van der Waals surface area (Å²) in [7, 11) is 0. The molecule has 0 spiro atoms. The third kappa shape index (κ3) is 1.57. The second-order valence-electron chi connectivity index (χ2n) is 6.69. The molecule has 4 heterocycles. The second kappa shape index (κ2) is 4.29. The highest BCUT2D eigenvalue weighted by atomic mass is 16.3. The van der Waals surface area contributed by atoms with Gasteiger partial charge in [-0.1, -0.05) is 12.5 Å². The van der Waals surface area contributed by atoms with Crippen molar-refractivity contribution in [3.8, 4) is 0 Å². The first-order chi connectivity index (χ1) is 9.61. The number of aliphatic hydroxyl groups is 2. The minimum Gasteiger partial charge on any atom is -0.378 e.